The number of benzene rings is 1. The van der Waals surface area contributed by atoms with Gasteiger partial charge in [-0.3, -0.25) is 0 Å². The molecule has 0 heterocycles. The molecule has 120 valence electrons. The minimum absolute atomic E-state index is 0. The number of hydrogen-bond acceptors (Lipinski definition) is 3. The van der Waals surface area contributed by atoms with Crippen LogP contribution in [0.15, 0.2) is 29.3 Å². The lowest BCUT2D eigenvalue weighted by Gasteiger charge is -2.11. The minimum atomic E-state index is 0. The molecule has 0 saturated heterocycles. The van der Waals surface area contributed by atoms with Gasteiger partial charge < -0.3 is 15.4 Å². The molecular weight excluding hydrogens is 397 g/mol. The molecule has 0 radical (unpaired) electrons. The average molecular weight is 423 g/mol. The van der Waals surface area contributed by atoms with Crippen molar-refractivity contribution in [3.63, 3.8) is 0 Å². The molecule has 0 atom stereocenters. The molecule has 0 bridgehead atoms. The molecule has 6 heteroatoms. The second-order valence-electron chi connectivity index (χ2n) is 4.20. The molecule has 0 spiro atoms. The summed E-state index contributed by atoms with van der Waals surface area (Å²) in [4.78, 5) is 4.59. The summed E-state index contributed by atoms with van der Waals surface area (Å²) in [6.45, 7) is 7.18. The van der Waals surface area contributed by atoms with Crippen LogP contribution in [0.25, 0.3) is 0 Å². The van der Waals surface area contributed by atoms with Crippen LogP contribution in [0.3, 0.4) is 0 Å². The zero-order valence-electron chi connectivity index (χ0n) is 13.0. The van der Waals surface area contributed by atoms with Gasteiger partial charge in [0.1, 0.15) is 5.75 Å². The highest BCUT2D eigenvalue weighted by atomic mass is 127. The van der Waals surface area contributed by atoms with E-state index in [0.29, 0.717) is 13.2 Å². The van der Waals surface area contributed by atoms with Gasteiger partial charge in [-0.1, -0.05) is 12.1 Å². The molecular formula is C15H26IN3OS. The van der Waals surface area contributed by atoms with E-state index in [1.165, 1.54) is 0 Å². The lowest BCUT2D eigenvalue weighted by molar-refractivity contribution is 0.340. The second-order valence-corrected chi connectivity index (χ2v) is 5.18. The van der Waals surface area contributed by atoms with Crippen molar-refractivity contribution in [3.05, 3.63) is 29.8 Å². The molecule has 0 unspecified atom stereocenters. The standard InChI is InChI=1S/C15H25N3OS.HI/c1-4-16-15(17-9-10-20-3)18-12-13-7-6-8-14(11-13)19-5-2;/h6-8,11H,4-5,9-10,12H2,1-3H3,(H2,16,17,18);1H. The Balaban J connectivity index is 0.00000400. The maximum Gasteiger partial charge on any atom is 0.191 e. The fourth-order valence-electron chi connectivity index (χ4n) is 1.68. The predicted octanol–water partition coefficient (Wildman–Crippen LogP) is 3.12. The van der Waals surface area contributed by atoms with Crippen molar-refractivity contribution >= 4 is 41.7 Å². The molecule has 0 aliphatic heterocycles. The maximum atomic E-state index is 5.50. The Morgan fingerprint density at radius 2 is 2.10 bits per heavy atom. The first-order valence-corrected chi connectivity index (χ1v) is 8.42. The van der Waals surface area contributed by atoms with Gasteiger partial charge in [0.25, 0.3) is 0 Å². The summed E-state index contributed by atoms with van der Waals surface area (Å²) in [5.74, 6) is 2.84. The van der Waals surface area contributed by atoms with Gasteiger partial charge in [-0.2, -0.15) is 11.8 Å². The average Bonchev–Trinajstić information content (AvgIpc) is 2.46. The van der Waals surface area contributed by atoms with E-state index in [-0.39, 0.29) is 24.0 Å². The predicted molar refractivity (Wildman–Crippen MR) is 104 cm³/mol. The quantitative estimate of drug-likeness (QED) is 0.292. The number of rotatable bonds is 8. The van der Waals surface area contributed by atoms with Crippen molar-refractivity contribution in [2.45, 2.75) is 20.4 Å². The smallest absolute Gasteiger partial charge is 0.191 e. The fourth-order valence-corrected chi connectivity index (χ4v) is 1.99. The van der Waals surface area contributed by atoms with Crippen LogP contribution in [-0.4, -0.2) is 37.7 Å². The van der Waals surface area contributed by atoms with Gasteiger partial charge in [0.15, 0.2) is 5.96 Å². The highest BCUT2D eigenvalue weighted by Gasteiger charge is 1.98. The van der Waals surface area contributed by atoms with E-state index in [0.717, 1.165) is 36.1 Å². The summed E-state index contributed by atoms with van der Waals surface area (Å²) < 4.78 is 5.50. The van der Waals surface area contributed by atoms with Crippen molar-refractivity contribution in [3.8, 4) is 5.75 Å². The number of thioether (sulfide) groups is 1. The Morgan fingerprint density at radius 1 is 1.29 bits per heavy atom. The maximum absolute atomic E-state index is 5.50. The van der Waals surface area contributed by atoms with Crippen molar-refractivity contribution in [2.75, 3.05) is 31.7 Å². The molecule has 0 aliphatic carbocycles. The third-order valence-electron chi connectivity index (χ3n) is 2.57. The summed E-state index contributed by atoms with van der Waals surface area (Å²) in [6, 6.07) is 8.08. The van der Waals surface area contributed by atoms with Gasteiger partial charge in [-0.05, 0) is 37.8 Å². The molecule has 0 saturated carbocycles. The third kappa shape index (κ3) is 9.08. The Morgan fingerprint density at radius 3 is 2.76 bits per heavy atom. The number of aliphatic imine (C=N–C) groups is 1. The molecule has 0 fully saturated rings. The van der Waals surface area contributed by atoms with Gasteiger partial charge in [0.2, 0.25) is 0 Å². The van der Waals surface area contributed by atoms with Crippen LogP contribution in [0.4, 0.5) is 0 Å². The molecule has 0 aliphatic rings. The second kappa shape index (κ2) is 13.1. The minimum Gasteiger partial charge on any atom is -0.494 e. The topological polar surface area (TPSA) is 45.7 Å². The molecule has 0 amide bonds. The van der Waals surface area contributed by atoms with Crippen molar-refractivity contribution in [2.24, 2.45) is 4.99 Å². The van der Waals surface area contributed by atoms with Gasteiger partial charge in [-0.15, -0.1) is 24.0 Å². The van der Waals surface area contributed by atoms with Crippen LogP contribution in [0.1, 0.15) is 19.4 Å². The molecule has 4 nitrogen and oxygen atoms in total. The van der Waals surface area contributed by atoms with E-state index in [9.17, 15) is 0 Å². The Hall–Kier alpha value is -0.630. The van der Waals surface area contributed by atoms with Gasteiger partial charge in [0, 0.05) is 18.8 Å². The summed E-state index contributed by atoms with van der Waals surface area (Å²) in [5.41, 5.74) is 1.15. The monoisotopic (exact) mass is 423 g/mol. The summed E-state index contributed by atoms with van der Waals surface area (Å²) in [5, 5.41) is 6.57. The highest BCUT2D eigenvalue weighted by molar-refractivity contribution is 14.0. The molecule has 1 rings (SSSR count). The molecule has 0 aromatic heterocycles. The number of hydrogen-bond donors (Lipinski definition) is 2. The SMILES string of the molecule is CCNC(=NCc1cccc(OCC)c1)NCCSC.I. The first kappa shape index (κ1) is 20.4. The van der Waals surface area contributed by atoms with Gasteiger partial charge in [0.05, 0.1) is 13.2 Å². The van der Waals surface area contributed by atoms with Crippen LogP contribution >= 0.6 is 35.7 Å². The normalized spacial score (nSPS) is 10.7. The fraction of sp³-hybridized carbons (Fsp3) is 0.533. The zero-order chi connectivity index (χ0) is 14.6. The number of guanidine groups is 1. The number of nitrogens with zero attached hydrogens (tertiary/aromatic N) is 1. The number of ether oxygens (including phenoxy) is 1. The summed E-state index contributed by atoms with van der Waals surface area (Å²) in [7, 11) is 0. The van der Waals surface area contributed by atoms with E-state index in [1.54, 1.807) is 0 Å². The van der Waals surface area contributed by atoms with Crippen LogP contribution in [0.2, 0.25) is 0 Å². The molecule has 1 aromatic rings. The lowest BCUT2D eigenvalue weighted by atomic mass is 10.2. The number of nitrogens with one attached hydrogen (secondary N) is 2. The molecule has 1 aromatic carbocycles. The summed E-state index contributed by atoms with van der Waals surface area (Å²) >= 11 is 1.82. The largest absolute Gasteiger partial charge is 0.494 e. The van der Waals surface area contributed by atoms with Crippen LogP contribution in [0, 0.1) is 0 Å². The first-order valence-electron chi connectivity index (χ1n) is 7.03. The van der Waals surface area contributed by atoms with Crippen LogP contribution < -0.4 is 15.4 Å². The summed E-state index contributed by atoms with van der Waals surface area (Å²) in [6.07, 6.45) is 2.10. The van der Waals surface area contributed by atoms with Crippen molar-refractivity contribution < 1.29 is 4.74 Å². The third-order valence-corrected chi connectivity index (χ3v) is 3.18. The Kier molecular flexibility index (Phi) is 12.7. The van der Waals surface area contributed by atoms with Crippen LogP contribution in [0.5, 0.6) is 5.75 Å². The van der Waals surface area contributed by atoms with E-state index in [2.05, 4.69) is 34.9 Å². The first-order chi connectivity index (χ1) is 9.80. The van der Waals surface area contributed by atoms with E-state index in [4.69, 9.17) is 4.74 Å². The van der Waals surface area contributed by atoms with E-state index in [1.807, 2.05) is 36.9 Å². The van der Waals surface area contributed by atoms with Gasteiger partial charge >= 0.3 is 0 Å². The molecule has 2 N–H and O–H groups in total. The van der Waals surface area contributed by atoms with E-state index >= 15 is 0 Å². The molecule has 21 heavy (non-hydrogen) atoms. The lowest BCUT2D eigenvalue weighted by Crippen LogP contribution is -2.38. The van der Waals surface area contributed by atoms with Crippen molar-refractivity contribution in [1.82, 2.24) is 10.6 Å². The van der Waals surface area contributed by atoms with Gasteiger partial charge in [-0.25, -0.2) is 4.99 Å². The van der Waals surface area contributed by atoms with Crippen molar-refractivity contribution in [1.29, 1.82) is 0 Å². The Bertz CT molecular complexity index is 416. The zero-order valence-corrected chi connectivity index (χ0v) is 16.2. The Labute approximate surface area is 149 Å². The highest BCUT2D eigenvalue weighted by Crippen LogP contribution is 2.13. The van der Waals surface area contributed by atoms with E-state index < -0.39 is 0 Å². The van der Waals surface area contributed by atoms with Crippen LogP contribution in [-0.2, 0) is 6.54 Å². The number of halogens is 1.